The highest BCUT2D eigenvalue weighted by atomic mass is 16.4. The third kappa shape index (κ3) is 3.20. The summed E-state index contributed by atoms with van der Waals surface area (Å²) in [6.45, 7) is 1.81. The van der Waals surface area contributed by atoms with Crippen LogP contribution in [0.2, 0.25) is 0 Å². The lowest BCUT2D eigenvalue weighted by Crippen LogP contribution is -2.37. The van der Waals surface area contributed by atoms with Gasteiger partial charge < -0.3 is 15.7 Å². The van der Waals surface area contributed by atoms with Crippen LogP contribution in [0.1, 0.15) is 12.5 Å². The maximum absolute atomic E-state index is 11.1. The maximum atomic E-state index is 11.1. The van der Waals surface area contributed by atoms with Crippen LogP contribution in [0.4, 0.5) is 5.69 Å². The van der Waals surface area contributed by atoms with E-state index in [1.165, 1.54) is 0 Å². The number of benzene rings is 1. The van der Waals surface area contributed by atoms with Crippen molar-refractivity contribution in [3.63, 3.8) is 0 Å². The number of anilines is 1. The molecule has 94 valence electrons. The first kappa shape index (κ1) is 13.5. The van der Waals surface area contributed by atoms with Gasteiger partial charge in [0.1, 0.15) is 0 Å². The van der Waals surface area contributed by atoms with Crippen molar-refractivity contribution in [3.05, 3.63) is 29.8 Å². The number of hydrogen-bond acceptors (Lipinski definition) is 3. The maximum Gasteiger partial charge on any atom is 0.310 e. The fourth-order valence-electron chi connectivity index (χ4n) is 1.60. The Kier molecular flexibility index (Phi) is 4.12. The lowest BCUT2D eigenvalue weighted by molar-refractivity contribution is -0.147. The molecule has 1 rings (SSSR count). The van der Waals surface area contributed by atoms with Crippen molar-refractivity contribution >= 4 is 11.7 Å². The van der Waals surface area contributed by atoms with Gasteiger partial charge in [-0.1, -0.05) is 12.1 Å². The minimum absolute atomic E-state index is 0.137. The molecule has 0 bridgehead atoms. The molecule has 17 heavy (non-hydrogen) atoms. The van der Waals surface area contributed by atoms with E-state index in [9.17, 15) is 4.79 Å². The summed E-state index contributed by atoms with van der Waals surface area (Å²) >= 11 is 0. The van der Waals surface area contributed by atoms with Gasteiger partial charge in [-0.2, -0.15) is 0 Å². The molecule has 0 aliphatic heterocycles. The second kappa shape index (κ2) is 5.19. The third-order valence-corrected chi connectivity index (χ3v) is 3.01. The summed E-state index contributed by atoms with van der Waals surface area (Å²) < 4.78 is 0. The number of rotatable bonds is 5. The number of aliphatic carboxylic acids is 1. The van der Waals surface area contributed by atoms with Crippen molar-refractivity contribution in [1.29, 1.82) is 0 Å². The highest BCUT2D eigenvalue weighted by Crippen LogP contribution is 2.23. The Balaban J connectivity index is 2.85. The second-order valence-electron chi connectivity index (χ2n) is 4.81. The van der Waals surface area contributed by atoms with Crippen molar-refractivity contribution in [2.75, 3.05) is 25.5 Å². The van der Waals surface area contributed by atoms with Crippen LogP contribution in [0.25, 0.3) is 0 Å². The minimum Gasteiger partial charge on any atom is -0.481 e. The van der Waals surface area contributed by atoms with Crippen LogP contribution in [0.3, 0.4) is 0 Å². The number of nitrogens with zero attached hydrogens (tertiary/aromatic N) is 1. The minimum atomic E-state index is -0.889. The molecule has 4 nitrogen and oxygen atoms in total. The largest absolute Gasteiger partial charge is 0.481 e. The number of nitrogens with two attached hydrogens (primary N) is 1. The van der Waals surface area contributed by atoms with E-state index in [1.54, 1.807) is 6.92 Å². The summed E-state index contributed by atoms with van der Waals surface area (Å²) in [7, 11) is 3.94. The molecule has 3 N–H and O–H groups in total. The molecular formula is C13H20N2O2. The van der Waals surface area contributed by atoms with E-state index in [1.807, 2.05) is 43.3 Å². The molecule has 0 aliphatic carbocycles. The molecule has 0 saturated heterocycles. The van der Waals surface area contributed by atoms with Crippen molar-refractivity contribution in [2.24, 2.45) is 11.1 Å². The van der Waals surface area contributed by atoms with E-state index in [2.05, 4.69) is 0 Å². The Morgan fingerprint density at radius 2 is 1.88 bits per heavy atom. The quantitative estimate of drug-likeness (QED) is 0.809. The van der Waals surface area contributed by atoms with Gasteiger partial charge in [-0.25, -0.2) is 0 Å². The Morgan fingerprint density at radius 3 is 2.24 bits per heavy atom. The van der Waals surface area contributed by atoms with Gasteiger partial charge in [0.2, 0.25) is 0 Å². The summed E-state index contributed by atoms with van der Waals surface area (Å²) in [6, 6.07) is 7.86. The average molecular weight is 236 g/mol. The van der Waals surface area contributed by atoms with Gasteiger partial charge in [0.05, 0.1) is 5.41 Å². The Bertz CT molecular complexity index is 387. The number of hydrogen-bond donors (Lipinski definition) is 2. The summed E-state index contributed by atoms with van der Waals surface area (Å²) in [5, 5.41) is 9.15. The van der Waals surface area contributed by atoms with Crippen LogP contribution in [0.15, 0.2) is 24.3 Å². The highest BCUT2D eigenvalue weighted by molar-refractivity contribution is 5.75. The standard InChI is InChI=1S/C13H20N2O2/c1-13(9-14,12(16)17)8-10-4-6-11(7-5-10)15(2)3/h4-7H,8-9,14H2,1-3H3,(H,16,17). The molecule has 0 aliphatic rings. The lowest BCUT2D eigenvalue weighted by atomic mass is 9.84. The molecule has 0 aromatic heterocycles. The van der Waals surface area contributed by atoms with Crippen LogP contribution in [-0.2, 0) is 11.2 Å². The van der Waals surface area contributed by atoms with Gasteiger partial charge in [0.15, 0.2) is 0 Å². The summed E-state index contributed by atoms with van der Waals surface area (Å²) in [5.74, 6) is -0.850. The van der Waals surface area contributed by atoms with Gasteiger partial charge in [-0.05, 0) is 31.0 Å². The van der Waals surface area contributed by atoms with E-state index in [-0.39, 0.29) is 6.54 Å². The SMILES string of the molecule is CN(C)c1ccc(CC(C)(CN)C(=O)O)cc1. The van der Waals surface area contributed by atoms with Crippen molar-refractivity contribution < 1.29 is 9.90 Å². The van der Waals surface area contributed by atoms with E-state index >= 15 is 0 Å². The third-order valence-electron chi connectivity index (χ3n) is 3.01. The summed E-state index contributed by atoms with van der Waals surface area (Å²) in [4.78, 5) is 13.1. The molecule has 0 heterocycles. The molecule has 1 unspecified atom stereocenters. The van der Waals surface area contributed by atoms with Gasteiger partial charge in [0, 0.05) is 26.3 Å². The van der Waals surface area contributed by atoms with Gasteiger partial charge in [-0.3, -0.25) is 4.79 Å². The van der Waals surface area contributed by atoms with Crippen molar-refractivity contribution in [1.82, 2.24) is 0 Å². The predicted molar refractivity (Wildman–Crippen MR) is 69.3 cm³/mol. The van der Waals surface area contributed by atoms with Gasteiger partial charge in [-0.15, -0.1) is 0 Å². The molecule has 0 saturated carbocycles. The molecule has 4 heteroatoms. The zero-order valence-corrected chi connectivity index (χ0v) is 10.6. The molecule has 1 aromatic carbocycles. The second-order valence-corrected chi connectivity index (χ2v) is 4.81. The highest BCUT2D eigenvalue weighted by Gasteiger charge is 2.31. The van der Waals surface area contributed by atoms with Crippen LogP contribution < -0.4 is 10.6 Å². The van der Waals surface area contributed by atoms with Crippen molar-refractivity contribution in [2.45, 2.75) is 13.3 Å². The monoisotopic (exact) mass is 236 g/mol. The van der Waals surface area contributed by atoms with E-state index in [0.717, 1.165) is 11.3 Å². The zero-order valence-electron chi connectivity index (χ0n) is 10.6. The molecule has 1 atom stereocenters. The number of carboxylic acids is 1. The fraction of sp³-hybridized carbons (Fsp3) is 0.462. The first-order valence-corrected chi connectivity index (χ1v) is 5.59. The van der Waals surface area contributed by atoms with Gasteiger partial charge >= 0.3 is 5.97 Å². The first-order valence-electron chi connectivity index (χ1n) is 5.59. The van der Waals surface area contributed by atoms with Crippen LogP contribution in [-0.4, -0.2) is 31.7 Å². The van der Waals surface area contributed by atoms with E-state index in [0.29, 0.717) is 6.42 Å². The Labute approximate surface area is 102 Å². The molecule has 0 amide bonds. The van der Waals surface area contributed by atoms with Crippen molar-refractivity contribution in [3.8, 4) is 0 Å². The van der Waals surface area contributed by atoms with Gasteiger partial charge in [0.25, 0.3) is 0 Å². The number of carboxylic acid groups (broad SMARTS) is 1. The normalized spacial score (nSPS) is 14.1. The smallest absolute Gasteiger partial charge is 0.310 e. The molecule has 1 aromatic rings. The van der Waals surface area contributed by atoms with Crippen LogP contribution >= 0.6 is 0 Å². The lowest BCUT2D eigenvalue weighted by Gasteiger charge is -2.23. The molecule has 0 fully saturated rings. The summed E-state index contributed by atoms with van der Waals surface area (Å²) in [5.41, 5.74) is 6.74. The van der Waals surface area contributed by atoms with Crippen LogP contribution in [0.5, 0.6) is 0 Å². The predicted octanol–water partition coefficient (Wildman–Crippen LogP) is 1.34. The number of carbonyl (C=O) groups is 1. The van der Waals surface area contributed by atoms with Crippen LogP contribution in [0, 0.1) is 5.41 Å². The fourth-order valence-corrected chi connectivity index (χ4v) is 1.60. The zero-order chi connectivity index (χ0) is 13.1. The summed E-state index contributed by atoms with van der Waals surface area (Å²) in [6.07, 6.45) is 0.451. The first-order chi connectivity index (χ1) is 7.89. The topological polar surface area (TPSA) is 66.6 Å². The Morgan fingerprint density at radius 1 is 1.35 bits per heavy atom. The molecule has 0 radical (unpaired) electrons. The molecule has 0 spiro atoms. The van der Waals surface area contributed by atoms with E-state index in [4.69, 9.17) is 10.8 Å². The average Bonchev–Trinajstić information content (AvgIpc) is 2.29. The Hall–Kier alpha value is -1.55. The molecular weight excluding hydrogens is 216 g/mol. The van der Waals surface area contributed by atoms with E-state index < -0.39 is 11.4 Å².